The van der Waals surface area contributed by atoms with Gasteiger partial charge >= 0.3 is 5.63 Å². The monoisotopic (exact) mass is 330 g/mol. The number of fused-ring (bicyclic) bond motifs is 1. The number of hydrogen-bond donors (Lipinski definition) is 2. The van der Waals surface area contributed by atoms with E-state index in [9.17, 15) is 9.90 Å². The van der Waals surface area contributed by atoms with E-state index in [1.54, 1.807) is 6.07 Å². The lowest BCUT2D eigenvalue weighted by Crippen LogP contribution is -3.15. The molecule has 4 nitrogen and oxygen atoms in total. The fraction of sp³-hybridized carbons (Fsp3) is 0.550. The molecule has 0 spiro atoms. The van der Waals surface area contributed by atoms with Crippen molar-refractivity contribution in [1.82, 2.24) is 0 Å². The van der Waals surface area contributed by atoms with Gasteiger partial charge in [-0.15, -0.1) is 0 Å². The average molecular weight is 330 g/mol. The Balaban J connectivity index is 1.97. The number of aliphatic hydroxyl groups excluding tert-OH is 1. The minimum atomic E-state index is -0.273. The lowest BCUT2D eigenvalue weighted by molar-refractivity contribution is -0.944. The molecular formula is C20H28NO3+. The first kappa shape index (κ1) is 17.2. The van der Waals surface area contributed by atoms with Crippen LogP contribution in [0.2, 0.25) is 0 Å². The molecule has 3 rings (SSSR count). The number of hydrogen-bond acceptors (Lipinski definition) is 3. The van der Waals surface area contributed by atoms with E-state index in [-0.39, 0.29) is 12.2 Å². The molecule has 0 saturated carbocycles. The Morgan fingerprint density at radius 2 is 2.12 bits per heavy atom. The van der Waals surface area contributed by atoms with Crippen LogP contribution in [0.3, 0.4) is 0 Å². The molecule has 1 unspecified atom stereocenters. The molecule has 24 heavy (non-hydrogen) atoms. The van der Waals surface area contributed by atoms with Gasteiger partial charge in [-0.05, 0) is 42.9 Å². The van der Waals surface area contributed by atoms with Crippen LogP contribution in [0.15, 0.2) is 33.5 Å². The first-order valence-electron chi connectivity index (χ1n) is 9.10. The first-order chi connectivity index (χ1) is 11.6. The van der Waals surface area contributed by atoms with Crippen molar-refractivity contribution in [3.63, 3.8) is 0 Å². The zero-order valence-corrected chi connectivity index (χ0v) is 14.7. The maximum absolute atomic E-state index is 12.0. The standard InChI is InChI=1S/C20H27NO3/c1-14(2)15-6-7-19-18(11-15)16(12-20(23)24-19)13-21-9-4-3-5-17(21)8-10-22/h6-7,11-12,14,17,22H,3-5,8-10,13H2,1-2H3/p+1/t17-/m1/s1. The zero-order valence-electron chi connectivity index (χ0n) is 14.7. The van der Waals surface area contributed by atoms with Gasteiger partial charge < -0.3 is 14.4 Å². The summed E-state index contributed by atoms with van der Waals surface area (Å²) in [5.74, 6) is 0.443. The molecule has 1 aliphatic heterocycles. The summed E-state index contributed by atoms with van der Waals surface area (Å²) >= 11 is 0. The van der Waals surface area contributed by atoms with Crippen molar-refractivity contribution in [2.75, 3.05) is 13.2 Å². The van der Waals surface area contributed by atoms with Crippen LogP contribution >= 0.6 is 0 Å². The van der Waals surface area contributed by atoms with Crippen LogP contribution in [-0.2, 0) is 6.54 Å². The van der Waals surface area contributed by atoms with Crippen LogP contribution in [0.5, 0.6) is 0 Å². The highest BCUT2D eigenvalue weighted by atomic mass is 16.4. The number of aliphatic hydroxyl groups is 1. The van der Waals surface area contributed by atoms with E-state index in [1.807, 2.05) is 12.1 Å². The number of piperidine rings is 1. The maximum Gasteiger partial charge on any atom is 0.336 e. The van der Waals surface area contributed by atoms with Crippen molar-refractivity contribution in [3.05, 3.63) is 45.8 Å². The topological polar surface area (TPSA) is 54.9 Å². The van der Waals surface area contributed by atoms with Gasteiger partial charge in [0.05, 0.1) is 12.6 Å². The van der Waals surface area contributed by atoms with Gasteiger partial charge in [0.2, 0.25) is 0 Å². The fourth-order valence-electron chi connectivity index (χ4n) is 3.88. The lowest BCUT2D eigenvalue weighted by atomic mass is 9.97. The quantitative estimate of drug-likeness (QED) is 0.827. The third-order valence-corrected chi connectivity index (χ3v) is 5.29. The largest absolute Gasteiger partial charge is 0.423 e. The Morgan fingerprint density at radius 1 is 1.29 bits per heavy atom. The van der Waals surface area contributed by atoms with Crippen LogP contribution < -0.4 is 10.5 Å². The summed E-state index contributed by atoms with van der Waals surface area (Å²) in [4.78, 5) is 13.4. The normalized spacial score (nSPS) is 21.5. The first-order valence-corrected chi connectivity index (χ1v) is 9.10. The predicted molar refractivity (Wildman–Crippen MR) is 95.4 cm³/mol. The number of likely N-dealkylation sites (tertiary alicyclic amines) is 1. The molecule has 1 aliphatic rings. The summed E-state index contributed by atoms with van der Waals surface area (Å²) in [5.41, 5.74) is 2.74. The van der Waals surface area contributed by atoms with E-state index >= 15 is 0 Å². The van der Waals surface area contributed by atoms with Crippen molar-refractivity contribution in [2.24, 2.45) is 0 Å². The summed E-state index contributed by atoms with van der Waals surface area (Å²) in [7, 11) is 0. The van der Waals surface area contributed by atoms with Crippen LogP contribution in [0.4, 0.5) is 0 Å². The molecule has 0 bridgehead atoms. The molecule has 2 heterocycles. The molecule has 4 heteroatoms. The average Bonchev–Trinajstić information content (AvgIpc) is 2.56. The van der Waals surface area contributed by atoms with E-state index in [1.165, 1.54) is 23.3 Å². The molecule has 0 amide bonds. The van der Waals surface area contributed by atoms with Gasteiger partial charge in [0.1, 0.15) is 12.1 Å². The molecule has 0 aliphatic carbocycles. The number of quaternary nitrogens is 1. The summed E-state index contributed by atoms with van der Waals surface area (Å²) < 4.78 is 5.40. The Kier molecular flexibility index (Phi) is 5.36. The number of nitrogens with one attached hydrogen (secondary N) is 1. The summed E-state index contributed by atoms with van der Waals surface area (Å²) in [5, 5.41) is 10.4. The molecule has 0 radical (unpaired) electrons. The minimum Gasteiger partial charge on any atom is -0.423 e. The van der Waals surface area contributed by atoms with Crippen LogP contribution in [-0.4, -0.2) is 24.3 Å². The van der Waals surface area contributed by atoms with Gasteiger partial charge in [0, 0.05) is 30.0 Å². The Bertz CT molecular complexity index is 748. The predicted octanol–water partition coefficient (Wildman–Crippen LogP) is 2.24. The molecule has 1 fully saturated rings. The highest BCUT2D eigenvalue weighted by Crippen LogP contribution is 2.23. The second-order valence-electron chi connectivity index (χ2n) is 7.29. The van der Waals surface area contributed by atoms with Crippen molar-refractivity contribution < 1.29 is 14.4 Å². The molecule has 130 valence electrons. The Morgan fingerprint density at radius 3 is 2.88 bits per heavy atom. The van der Waals surface area contributed by atoms with Gasteiger partial charge in [0.25, 0.3) is 0 Å². The minimum absolute atomic E-state index is 0.239. The molecule has 2 aromatic rings. The van der Waals surface area contributed by atoms with Gasteiger partial charge in [-0.25, -0.2) is 4.79 Å². The summed E-state index contributed by atoms with van der Waals surface area (Å²) in [6.07, 6.45) is 4.45. The van der Waals surface area contributed by atoms with Crippen molar-refractivity contribution in [3.8, 4) is 0 Å². The maximum atomic E-state index is 12.0. The van der Waals surface area contributed by atoms with Gasteiger partial charge in [0.15, 0.2) is 0 Å². The fourth-order valence-corrected chi connectivity index (χ4v) is 3.88. The third kappa shape index (κ3) is 3.70. The molecule has 1 saturated heterocycles. The van der Waals surface area contributed by atoms with Crippen LogP contribution in [0, 0.1) is 0 Å². The van der Waals surface area contributed by atoms with Crippen LogP contribution in [0.1, 0.15) is 56.6 Å². The SMILES string of the molecule is CC(C)c1ccc2oc(=O)cc(C[NH+]3CCCC[C@@H]3CCO)c2c1. The summed E-state index contributed by atoms with van der Waals surface area (Å²) in [6, 6.07) is 8.28. The highest BCUT2D eigenvalue weighted by Gasteiger charge is 2.26. The van der Waals surface area contributed by atoms with Crippen molar-refractivity contribution in [1.29, 1.82) is 0 Å². The molecule has 2 atom stereocenters. The van der Waals surface area contributed by atoms with E-state index in [4.69, 9.17) is 4.42 Å². The summed E-state index contributed by atoms with van der Waals surface area (Å²) in [6.45, 7) is 6.52. The van der Waals surface area contributed by atoms with E-state index in [0.717, 1.165) is 36.9 Å². The highest BCUT2D eigenvalue weighted by molar-refractivity contribution is 5.80. The van der Waals surface area contributed by atoms with Crippen molar-refractivity contribution in [2.45, 2.75) is 58.0 Å². The second-order valence-corrected chi connectivity index (χ2v) is 7.29. The van der Waals surface area contributed by atoms with Crippen LogP contribution in [0.25, 0.3) is 11.0 Å². The van der Waals surface area contributed by atoms with E-state index in [0.29, 0.717) is 17.5 Å². The second kappa shape index (κ2) is 7.49. The van der Waals surface area contributed by atoms with E-state index in [2.05, 4.69) is 19.9 Å². The Hall–Kier alpha value is -1.65. The van der Waals surface area contributed by atoms with Gasteiger partial charge in [-0.2, -0.15) is 0 Å². The lowest BCUT2D eigenvalue weighted by Gasteiger charge is -2.32. The molecule has 2 N–H and O–H groups in total. The van der Waals surface area contributed by atoms with Gasteiger partial charge in [-0.3, -0.25) is 0 Å². The molecular weight excluding hydrogens is 302 g/mol. The van der Waals surface area contributed by atoms with Gasteiger partial charge in [-0.1, -0.05) is 19.9 Å². The number of benzene rings is 1. The third-order valence-electron chi connectivity index (χ3n) is 5.29. The van der Waals surface area contributed by atoms with Crippen molar-refractivity contribution >= 4 is 11.0 Å². The zero-order chi connectivity index (χ0) is 17.1. The number of rotatable bonds is 5. The molecule has 1 aromatic carbocycles. The smallest absolute Gasteiger partial charge is 0.336 e. The van der Waals surface area contributed by atoms with E-state index < -0.39 is 0 Å². The molecule has 1 aromatic heterocycles. The Labute approximate surface area is 143 Å².